The highest BCUT2D eigenvalue weighted by atomic mass is 16.4. The summed E-state index contributed by atoms with van der Waals surface area (Å²) in [5.41, 5.74) is -0.825. The number of carboxylic acids is 1. The average molecular weight is 207 g/mol. The number of aliphatic carboxylic acids is 1. The van der Waals surface area contributed by atoms with Gasteiger partial charge in [-0.1, -0.05) is 0 Å². The van der Waals surface area contributed by atoms with Crippen molar-refractivity contribution >= 4 is 11.8 Å². The summed E-state index contributed by atoms with van der Waals surface area (Å²) in [6, 6.07) is 1.74. The lowest BCUT2D eigenvalue weighted by Crippen LogP contribution is -2.48. The minimum absolute atomic E-state index is 0.659. The van der Waals surface area contributed by atoms with E-state index in [2.05, 4.69) is 9.97 Å². The molecule has 80 valence electrons. The van der Waals surface area contributed by atoms with Crippen molar-refractivity contribution < 1.29 is 9.90 Å². The van der Waals surface area contributed by atoms with Gasteiger partial charge in [-0.2, -0.15) is 0 Å². The molecule has 1 aromatic rings. The van der Waals surface area contributed by atoms with E-state index in [1.807, 2.05) is 4.90 Å². The van der Waals surface area contributed by atoms with E-state index in [9.17, 15) is 9.90 Å². The highest BCUT2D eigenvalue weighted by molar-refractivity contribution is 5.83. The molecule has 15 heavy (non-hydrogen) atoms. The molecular formula is C10H13N3O2. The van der Waals surface area contributed by atoms with Crippen molar-refractivity contribution in [2.75, 3.05) is 11.4 Å². The number of carboxylic acid groups (broad SMARTS) is 1. The van der Waals surface area contributed by atoms with Gasteiger partial charge in [-0.25, -0.2) is 14.8 Å². The van der Waals surface area contributed by atoms with Gasteiger partial charge < -0.3 is 10.0 Å². The van der Waals surface area contributed by atoms with Crippen LogP contribution < -0.4 is 4.90 Å². The van der Waals surface area contributed by atoms with Gasteiger partial charge in [0, 0.05) is 12.7 Å². The molecule has 0 aromatic carbocycles. The smallest absolute Gasteiger partial charge is 0.329 e. The maximum atomic E-state index is 11.2. The molecule has 2 heterocycles. The largest absolute Gasteiger partial charge is 0.480 e. The summed E-state index contributed by atoms with van der Waals surface area (Å²) >= 11 is 0. The van der Waals surface area contributed by atoms with E-state index in [1.54, 1.807) is 19.2 Å². The molecule has 5 heteroatoms. The summed E-state index contributed by atoms with van der Waals surface area (Å²) in [7, 11) is 0. The molecule has 1 aromatic heterocycles. The van der Waals surface area contributed by atoms with Gasteiger partial charge in [0.1, 0.15) is 17.7 Å². The Bertz CT molecular complexity index is 368. The normalized spacial score (nSPS) is 25.5. The second-order valence-corrected chi connectivity index (χ2v) is 3.90. The van der Waals surface area contributed by atoms with E-state index in [1.165, 1.54) is 6.33 Å². The third-order valence-electron chi connectivity index (χ3n) is 2.94. The van der Waals surface area contributed by atoms with Crippen LogP contribution >= 0.6 is 0 Å². The average Bonchev–Trinajstić information content (AvgIpc) is 2.63. The second-order valence-electron chi connectivity index (χ2n) is 3.90. The van der Waals surface area contributed by atoms with Crippen LogP contribution in [0.25, 0.3) is 0 Å². The zero-order valence-corrected chi connectivity index (χ0v) is 8.55. The Morgan fingerprint density at radius 3 is 3.07 bits per heavy atom. The molecule has 1 aliphatic heterocycles. The number of anilines is 1. The number of aromatic nitrogens is 2. The molecule has 0 saturated carbocycles. The summed E-state index contributed by atoms with van der Waals surface area (Å²) in [6.45, 7) is 2.48. The van der Waals surface area contributed by atoms with E-state index < -0.39 is 11.5 Å². The molecular weight excluding hydrogens is 194 g/mol. The van der Waals surface area contributed by atoms with Gasteiger partial charge in [0.05, 0.1) is 0 Å². The third-order valence-corrected chi connectivity index (χ3v) is 2.94. The number of hydrogen-bond donors (Lipinski definition) is 1. The lowest BCUT2D eigenvalue weighted by atomic mass is 9.99. The molecule has 1 fully saturated rings. The van der Waals surface area contributed by atoms with Crippen LogP contribution in [0.1, 0.15) is 19.8 Å². The molecule has 1 N–H and O–H groups in total. The number of carbonyl (C=O) groups is 1. The molecule has 0 spiro atoms. The van der Waals surface area contributed by atoms with Crippen molar-refractivity contribution in [1.82, 2.24) is 9.97 Å². The van der Waals surface area contributed by atoms with Gasteiger partial charge >= 0.3 is 5.97 Å². The standard InChI is InChI=1S/C10H13N3O2/c1-10(9(14)15)4-2-6-13(10)8-3-5-11-7-12-8/h3,5,7H,2,4,6H2,1H3,(H,14,15). The van der Waals surface area contributed by atoms with Crippen LogP contribution in [0.5, 0.6) is 0 Å². The molecule has 0 aliphatic carbocycles. The second kappa shape index (κ2) is 3.49. The zero-order valence-electron chi connectivity index (χ0n) is 8.55. The maximum absolute atomic E-state index is 11.2. The van der Waals surface area contributed by atoms with Gasteiger partial charge in [-0.15, -0.1) is 0 Å². The van der Waals surface area contributed by atoms with Gasteiger partial charge in [-0.3, -0.25) is 0 Å². The summed E-state index contributed by atoms with van der Waals surface area (Å²) < 4.78 is 0. The van der Waals surface area contributed by atoms with Crippen LogP contribution in [0.2, 0.25) is 0 Å². The third kappa shape index (κ3) is 1.54. The molecule has 0 amide bonds. The van der Waals surface area contributed by atoms with Crippen molar-refractivity contribution in [2.24, 2.45) is 0 Å². The summed E-state index contributed by atoms with van der Waals surface area (Å²) in [5, 5.41) is 9.22. The van der Waals surface area contributed by atoms with E-state index in [-0.39, 0.29) is 0 Å². The Hall–Kier alpha value is -1.65. The molecule has 2 rings (SSSR count). The predicted octanol–water partition coefficient (Wildman–Crippen LogP) is 0.920. The topological polar surface area (TPSA) is 66.3 Å². The van der Waals surface area contributed by atoms with Crippen LogP contribution in [0.4, 0.5) is 5.82 Å². The molecule has 1 aliphatic rings. The Labute approximate surface area is 87.8 Å². The maximum Gasteiger partial charge on any atom is 0.329 e. The Morgan fingerprint density at radius 2 is 2.47 bits per heavy atom. The van der Waals surface area contributed by atoms with Crippen molar-refractivity contribution in [2.45, 2.75) is 25.3 Å². The Balaban J connectivity index is 2.34. The quantitative estimate of drug-likeness (QED) is 0.781. The van der Waals surface area contributed by atoms with Crippen LogP contribution in [-0.2, 0) is 4.79 Å². The summed E-state index contributed by atoms with van der Waals surface area (Å²) in [4.78, 5) is 21.0. The van der Waals surface area contributed by atoms with Gasteiger partial charge in [0.25, 0.3) is 0 Å². The van der Waals surface area contributed by atoms with Crippen molar-refractivity contribution in [3.63, 3.8) is 0 Å². The molecule has 0 bridgehead atoms. The first-order chi connectivity index (χ1) is 7.14. The number of hydrogen-bond acceptors (Lipinski definition) is 4. The number of nitrogens with zero attached hydrogens (tertiary/aromatic N) is 3. The molecule has 1 saturated heterocycles. The molecule has 1 unspecified atom stereocenters. The fraction of sp³-hybridized carbons (Fsp3) is 0.500. The fourth-order valence-electron chi connectivity index (χ4n) is 2.00. The fourth-order valence-corrected chi connectivity index (χ4v) is 2.00. The summed E-state index contributed by atoms with van der Waals surface area (Å²) in [6.07, 6.45) is 4.61. The van der Waals surface area contributed by atoms with Crippen LogP contribution in [0, 0.1) is 0 Å². The Morgan fingerprint density at radius 1 is 1.67 bits per heavy atom. The highest BCUT2D eigenvalue weighted by Crippen LogP contribution is 2.32. The minimum atomic E-state index is -0.825. The van der Waals surface area contributed by atoms with E-state index in [0.717, 1.165) is 13.0 Å². The molecule has 1 atom stereocenters. The van der Waals surface area contributed by atoms with Crippen molar-refractivity contribution in [1.29, 1.82) is 0 Å². The Kier molecular flexibility index (Phi) is 2.30. The SMILES string of the molecule is CC1(C(=O)O)CCCN1c1ccncn1. The van der Waals surface area contributed by atoms with Crippen LogP contribution in [0.3, 0.4) is 0 Å². The van der Waals surface area contributed by atoms with Crippen LogP contribution in [-0.4, -0.2) is 33.1 Å². The van der Waals surface area contributed by atoms with Crippen molar-refractivity contribution in [3.8, 4) is 0 Å². The first-order valence-corrected chi connectivity index (χ1v) is 4.91. The number of rotatable bonds is 2. The van der Waals surface area contributed by atoms with Crippen molar-refractivity contribution in [3.05, 3.63) is 18.6 Å². The lowest BCUT2D eigenvalue weighted by Gasteiger charge is -2.31. The predicted molar refractivity (Wildman–Crippen MR) is 54.7 cm³/mol. The monoisotopic (exact) mass is 207 g/mol. The minimum Gasteiger partial charge on any atom is -0.480 e. The van der Waals surface area contributed by atoms with Gasteiger partial charge in [0.2, 0.25) is 0 Å². The van der Waals surface area contributed by atoms with E-state index in [4.69, 9.17) is 0 Å². The lowest BCUT2D eigenvalue weighted by molar-refractivity contribution is -0.142. The summed E-state index contributed by atoms with van der Waals surface area (Å²) in [5.74, 6) is -0.106. The molecule has 0 radical (unpaired) electrons. The van der Waals surface area contributed by atoms with Crippen LogP contribution in [0.15, 0.2) is 18.6 Å². The first kappa shape index (κ1) is 9.89. The first-order valence-electron chi connectivity index (χ1n) is 4.91. The van der Waals surface area contributed by atoms with Gasteiger partial charge in [0.15, 0.2) is 0 Å². The zero-order chi connectivity index (χ0) is 10.9. The highest BCUT2D eigenvalue weighted by Gasteiger charge is 2.43. The van der Waals surface area contributed by atoms with E-state index in [0.29, 0.717) is 12.2 Å². The van der Waals surface area contributed by atoms with Gasteiger partial charge in [-0.05, 0) is 25.8 Å². The van der Waals surface area contributed by atoms with E-state index >= 15 is 0 Å². The molecule has 5 nitrogen and oxygen atoms in total.